The van der Waals surface area contributed by atoms with Gasteiger partial charge in [0.05, 0.1) is 25.1 Å². The van der Waals surface area contributed by atoms with Gasteiger partial charge in [0.1, 0.15) is 17.1 Å². The number of hydrogen-bond donors (Lipinski definition) is 0. The molecule has 1 unspecified atom stereocenters. The van der Waals surface area contributed by atoms with Gasteiger partial charge in [-0.3, -0.25) is 4.79 Å². The molecule has 5 rings (SSSR count). The number of piperazine rings is 1. The third kappa shape index (κ3) is 5.12. The number of fused-ring (bicyclic) bond motifs is 1. The van der Waals surface area contributed by atoms with Crippen molar-refractivity contribution in [3.8, 4) is 11.5 Å². The normalized spacial score (nSPS) is 14.6. The van der Waals surface area contributed by atoms with Crippen molar-refractivity contribution in [3.63, 3.8) is 0 Å². The topological polar surface area (TPSA) is 59.3 Å². The van der Waals surface area contributed by atoms with Gasteiger partial charge >= 0.3 is 0 Å². The first-order valence-corrected chi connectivity index (χ1v) is 12.9. The van der Waals surface area contributed by atoms with Gasteiger partial charge in [0.15, 0.2) is 0 Å². The van der Waals surface area contributed by atoms with Gasteiger partial charge in [-0.2, -0.15) is 0 Å². The van der Waals surface area contributed by atoms with Crippen molar-refractivity contribution in [3.05, 3.63) is 89.9 Å². The summed E-state index contributed by atoms with van der Waals surface area (Å²) in [6, 6.07) is 20.2. The molecule has 3 heterocycles. The van der Waals surface area contributed by atoms with Crippen molar-refractivity contribution >= 4 is 17.2 Å². The van der Waals surface area contributed by atoms with Crippen LogP contribution in [-0.4, -0.2) is 60.1 Å². The SMILES string of the molecule is CCOc1ccccc1N1CCN(C(=O)CC(c2cccc(OC)c2)c2cnc3c(C)cccn23)CC1. The van der Waals surface area contributed by atoms with Gasteiger partial charge < -0.3 is 23.7 Å². The van der Waals surface area contributed by atoms with E-state index < -0.39 is 0 Å². The van der Waals surface area contributed by atoms with E-state index in [1.807, 2.05) is 66.7 Å². The molecule has 0 aliphatic carbocycles. The first-order chi connectivity index (χ1) is 18.1. The highest BCUT2D eigenvalue weighted by Crippen LogP contribution is 2.33. The summed E-state index contributed by atoms with van der Waals surface area (Å²) >= 11 is 0. The van der Waals surface area contributed by atoms with Crippen molar-refractivity contribution in [1.29, 1.82) is 0 Å². The number of aryl methyl sites for hydroxylation is 1. The van der Waals surface area contributed by atoms with Gasteiger partial charge in [0.25, 0.3) is 0 Å². The molecule has 1 aliphatic heterocycles. The Morgan fingerprint density at radius 3 is 2.62 bits per heavy atom. The zero-order valence-corrected chi connectivity index (χ0v) is 21.8. The standard InChI is InChI=1S/C30H34N4O3/c1-4-37-28-13-6-5-12-26(28)32-15-17-33(18-16-32)29(35)20-25(23-10-7-11-24(19-23)36-3)27-21-31-30-22(2)9-8-14-34(27)30/h5-14,19,21,25H,4,15-18,20H2,1-3H3. The zero-order chi connectivity index (χ0) is 25.8. The first-order valence-electron chi connectivity index (χ1n) is 12.9. The molecule has 0 bridgehead atoms. The summed E-state index contributed by atoms with van der Waals surface area (Å²) in [5, 5.41) is 0. The Balaban J connectivity index is 1.37. The number of methoxy groups -OCH3 is 1. The van der Waals surface area contributed by atoms with Gasteiger partial charge in [-0.25, -0.2) is 4.98 Å². The second kappa shape index (κ2) is 10.9. The highest BCUT2D eigenvalue weighted by molar-refractivity contribution is 5.78. The smallest absolute Gasteiger partial charge is 0.223 e. The lowest BCUT2D eigenvalue weighted by molar-refractivity contribution is -0.131. The molecule has 1 atom stereocenters. The van der Waals surface area contributed by atoms with E-state index in [0.717, 1.165) is 52.7 Å². The minimum atomic E-state index is -0.142. The minimum absolute atomic E-state index is 0.142. The number of nitrogens with zero attached hydrogens (tertiary/aromatic N) is 4. The highest BCUT2D eigenvalue weighted by Gasteiger charge is 2.28. The second-order valence-electron chi connectivity index (χ2n) is 9.37. The number of ether oxygens (including phenoxy) is 2. The lowest BCUT2D eigenvalue weighted by Crippen LogP contribution is -2.49. The number of carbonyl (C=O) groups is 1. The van der Waals surface area contributed by atoms with Gasteiger partial charge in [-0.15, -0.1) is 0 Å². The predicted octanol–water partition coefficient (Wildman–Crippen LogP) is 4.92. The van der Waals surface area contributed by atoms with Crippen molar-refractivity contribution in [2.24, 2.45) is 0 Å². The van der Waals surface area contributed by atoms with Crippen LogP contribution in [0.3, 0.4) is 0 Å². The van der Waals surface area contributed by atoms with Gasteiger partial charge in [0, 0.05) is 50.9 Å². The van der Waals surface area contributed by atoms with E-state index in [4.69, 9.17) is 9.47 Å². The maximum atomic E-state index is 13.7. The monoisotopic (exact) mass is 498 g/mol. The molecule has 1 fully saturated rings. The molecule has 7 nitrogen and oxygen atoms in total. The summed E-state index contributed by atoms with van der Waals surface area (Å²) in [5.74, 6) is 1.68. The quantitative estimate of drug-likeness (QED) is 0.345. The van der Waals surface area contributed by atoms with Crippen LogP contribution in [0.5, 0.6) is 11.5 Å². The Kier molecular flexibility index (Phi) is 7.30. The summed E-state index contributed by atoms with van der Waals surface area (Å²) in [5.41, 5.74) is 5.16. The fourth-order valence-corrected chi connectivity index (χ4v) is 5.18. The van der Waals surface area contributed by atoms with E-state index in [1.54, 1.807) is 7.11 Å². The highest BCUT2D eigenvalue weighted by atomic mass is 16.5. The molecule has 1 saturated heterocycles. The Labute approximate surface area is 218 Å². The van der Waals surface area contributed by atoms with E-state index in [2.05, 4.69) is 39.4 Å². The Morgan fingerprint density at radius 2 is 1.84 bits per heavy atom. The summed E-state index contributed by atoms with van der Waals surface area (Å²) in [4.78, 5) is 22.6. The predicted molar refractivity (Wildman–Crippen MR) is 146 cm³/mol. The number of amides is 1. The van der Waals surface area contributed by atoms with E-state index in [0.29, 0.717) is 26.1 Å². The lowest BCUT2D eigenvalue weighted by Gasteiger charge is -2.37. The van der Waals surface area contributed by atoms with Crippen LogP contribution in [0.25, 0.3) is 5.65 Å². The molecule has 0 spiro atoms. The summed E-state index contributed by atoms with van der Waals surface area (Å²) < 4.78 is 13.4. The number of para-hydroxylation sites is 2. The van der Waals surface area contributed by atoms with Gasteiger partial charge in [0.2, 0.25) is 5.91 Å². The van der Waals surface area contributed by atoms with Crippen LogP contribution in [0.4, 0.5) is 5.69 Å². The molecule has 7 heteroatoms. The van der Waals surface area contributed by atoms with Crippen molar-refractivity contribution in [1.82, 2.24) is 14.3 Å². The molecule has 2 aromatic carbocycles. The Hall–Kier alpha value is -4.00. The molecule has 192 valence electrons. The van der Waals surface area contributed by atoms with Crippen LogP contribution in [0, 0.1) is 6.92 Å². The van der Waals surface area contributed by atoms with Gasteiger partial charge in [-0.1, -0.05) is 30.3 Å². The molecule has 1 amide bonds. The number of anilines is 1. The summed E-state index contributed by atoms with van der Waals surface area (Å²) in [6.45, 7) is 7.58. The number of pyridine rings is 1. The van der Waals surface area contributed by atoms with Crippen LogP contribution in [-0.2, 0) is 4.79 Å². The summed E-state index contributed by atoms with van der Waals surface area (Å²) in [6.07, 6.45) is 4.30. The zero-order valence-electron chi connectivity index (χ0n) is 21.8. The fourth-order valence-electron chi connectivity index (χ4n) is 5.18. The molecule has 1 aliphatic rings. The third-order valence-corrected chi connectivity index (χ3v) is 7.13. The van der Waals surface area contributed by atoms with Gasteiger partial charge in [-0.05, 0) is 55.3 Å². The number of aromatic nitrogens is 2. The first kappa shape index (κ1) is 24.7. The number of benzene rings is 2. The molecular weight excluding hydrogens is 464 g/mol. The molecule has 0 radical (unpaired) electrons. The van der Waals surface area contributed by atoms with E-state index in [9.17, 15) is 4.79 Å². The van der Waals surface area contributed by atoms with Crippen molar-refractivity contribution < 1.29 is 14.3 Å². The maximum absolute atomic E-state index is 13.7. The molecule has 2 aromatic heterocycles. The summed E-state index contributed by atoms with van der Waals surface area (Å²) in [7, 11) is 1.67. The van der Waals surface area contributed by atoms with E-state index >= 15 is 0 Å². The Morgan fingerprint density at radius 1 is 1.03 bits per heavy atom. The Bertz CT molecular complexity index is 1370. The van der Waals surface area contributed by atoms with Crippen molar-refractivity contribution in [2.45, 2.75) is 26.2 Å². The average Bonchev–Trinajstić information content (AvgIpc) is 3.37. The molecule has 37 heavy (non-hydrogen) atoms. The minimum Gasteiger partial charge on any atom is -0.497 e. The van der Waals surface area contributed by atoms with Crippen molar-refractivity contribution in [2.75, 3.05) is 44.8 Å². The number of hydrogen-bond acceptors (Lipinski definition) is 5. The molecular formula is C30H34N4O3. The average molecular weight is 499 g/mol. The number of imidazole rings is 1. The fraction of sp³-hybridized carbons (Fsp3) is 0.333. The number of carbonyl (C=O) groups excluding carboxylic acids is 1. The number of rotatable bonds is 8. The lowest BCUT2D eigenvalue weighted by atomic mass is 9.91. The second-order valence-corrected chi connectivity index (χ2v) is 9.37. The largest absolute Gasteiger partial charge is 0.497 e. The van der Waals surface area contributed by atoms with Crippen LogP contribution in [0.2, 0.25) is 0 Å². The van der Waals surface area contributed by atoms with Crippen LogP contribution in [0.1, 0.15) is 36.1 Å². The van der Waals surface area contributed by atoms with Crippen LogP contribution < -0.4 is 14.4 Å². The van der Waals surface area contributed by atoms with Crippen LogP contribution in [0.15, 0.2) is 73.1 Å². The molecule has 4 aromatic rings. The van der Waals surface area contributed by atoms with E-state index in [1.165, 1.54) is 0 Å². The third-order valence-electron chi connectivity index (χ3n) is 7.13. The van der Waals surface area contributed by atoms with E-state index in [-0.39, 0.29) is 11.8 Å². The molecule has 0 N–H and O–H groups in total. The maximum Gasteiger partial charge on any atom is 0.223 e. The van der Waals surface area contributed by atoms with Crippen LogP contribution >= 0.6 is 0 Å². The molecule has 0 saturated carbocycles.